The molecule has 19 heavy (non-hydrogen) atoms. The second-order valence-electron chi connectivity index (χ2n) is 4.07. The maximum absolute atomic E-state index is 13.1. The number of methoxy groups -OCH3 is 1. The van der Waals surface area contributed by atoms with E-state index in [4.69, 9.17) is 15.2 Å². The third-order valence-corrected chi connectivity index (χ3v) is 2.74. The predicted octanol–water partition coefficient (Wildman–Crippen LogP) is 3.10. The summed E-state index contributed by atoms with van der Waals surface area (Å²) in [5.41, 5.74) is 7.85. The van der Waals surface area contributed by atoms with Crippen LogP contribution in [0.4, 0.5) is 10.1 Å². The predicted molar refractivity (Wildman–Crippen MR) is 73.6 cm³/mol. The summed E-state index contributed by atoms with van der Waals surface area (Å²) in [5.74, 6) is 0.358. The Bertz CT molecular complexity index is 558. The van der Waals surface area contributed by atoms with Crippen LogP contribution < -0.4 is 10.5 Å². The summed E-state index contributed by atoms with van der Waals surface area (Å²) in [7, 11) is 1.62. The molecule has 0 aliphatic rings. The molecule has 0 aromatic heterocycles. The van der Waals surface area contributed by atoms with Gasteiger partial charge < -0.3 is 15.2 Å². The Hall–Kier alpha value is -2.07. The molecule has 2 N–H and O–H groups in total. The molecule has 0 spiro atoms. The van der Waals surface area contributed by atoms with Crippen LogP contribution >= 0.6 is 0 Å². The van der Waals surface area contributed by atoms with E-state index in [1.807, 2.05) is 24.3 Å². The van der Waals surface area contributed by atoms with Crippen LogP contribution in [0.3, 0.4) is 0 Å². The molecule has 4 heteroatoms. The Balaban J connectivity index is 2.33. The van der Waals surface area contributed by atoms with Crippen molar-refractivity contribution < 1.29 is 13.9 Å². The first-order valence-electron chi connectivity index (χ1n) is 5.98. The van der Waals surface area contributed by atoms with Crippen molar-refractivity contribution in [2.45, 2.75) is 0 Å². The van der Waals surface area contributed by atoms with Crippen LogP contribution in [0.5, 0.6) is 5.75 Å². The number of nitrogen functional groups attached to an aromatic ring is 1. The number of hydrogen-bond acceptors (Lipinski definition) is 3. The first-order valence-corrected chi connectivity index (χ1v) is 5.98. The quantitative estimate of drug-likeness (QED) is 0.664. The van der Waals surface area contributed by atoms with E-state index in [0.717, 1.165) is 11.1 Å². The largest absolute Gasteiger partial charge is 0.491 e. The van der Waals surface area contributed by atoms with Crippen LogP contribution in [0.25, 0.3) is 11.1 Å². The zero-order valence-corrected chi connectivity index (χ0v) is 10.7. The molecule has 0 atom stereocenters. The molecule has 2 aromatic carbocycles. The van der Waals surface area contributed by atoms with Crippen molar-refractivity contribution in [3.8, 4) is 16.9 Å². The second-order valence-corrected chi connectivity index (χ2v) is 4.07. The SMILES string of the molecule is COCCOc1ccccc1-c1ccc(F)cc1N. The molecule has 0 unspecified atom stereocenters. The third kappa shape index (κ3) is 3.23. The molecular weight excluding hydrogens is 245 g/mol. The topological polar surface area (TPSA) is 44.5 Å². The number of hydrogen-bond donors (Lipinski definition) is 1. The van der Waals surface area contributed by atoms with E-state index >= 15 is 0 Å². The number of anilines is 1. The highest BCUT2D eigenvalue weighted by Gasteiger charge is 2.09. The average molecular weight is 261 g/mol. The highest BCUT2D eigenvalue weighted by molar-refractivity contribution is 5.80. The fourth-order valence-electron chi connectivity index (χ4n) is 1.83. The fourth-order valence-corrected chi connectivity index (χ4v) is 1.83. The van der Waals surface area contributed by atoms with Gasteiger partial charge in [-0.25, -0.2) is 4.39 Å². The van der Waals surface area contributed by atoms with Gasteiger partial charge in [-0.3, -0.25) is 0 Å². The lowest BCUT2D eigenvalue weighted by Crippen LogP contribution is -2.05. The number of nitrogens with two attached hydrogens (primary N) is 1. The molecule has 0 bridgehead atoms. The van der Waals surface area contributed by atoms with Gasteiger partial charge in [0.05, 0.1) is 6.61 Å². The van der Waals surface area contributed by atoms with Crippen LogP contribution in [0.15, 0.2) is 42.5 Å². The lowest BCUT2D eigenvalue weighted by Gasteiger charge is -2.13. The Morgan fingerprint density at radius 3 is 2.58 bits per heavy atom. The monoisotopic (exact) mass is 261 g/mol. The maximum Gasteiger partial charge on any atom is 0.127 e. The zero-order chi connectivity index (χ0) is 13.7. The minimum absolute atomic E-state index is 0.348. The summed E-state index contributed by atoms with van der Waals surface area (Å²) < 4.78 is 23.7. The molecule has 0 aliphatic carbocycles. The highest BCUT2D eigenvalue weighted by Crippen LogP contribution is 2.33. The molecule has 0 saturated heterocycles. The number of para-hydroxylation sites is 1. The van der Waals surface area contributed by atoms with E-state index in [9.17, 15) is 4.39 Å². The molecule has 0 fully saturated rings. The van der Waals surface area contributed by atoms with Crippen LogP contribution in [0.1, 0.15) is 0 Å². The van der Waals surface area contributed by atoms with Gasteiger partial charge >= 0.3 is 0 Å². The second kappa shape index (κ2) is 6.20. The number of benzene rings is 2. The van der Waals surface area contributed by atoms with Crippen molar-refractivity contribution in [2.75, 3.05) is 26.1 Å². The van der Waals surface area contributed by atoms with Crippen molar-refractivity contribution in [2.24, 2.45) is 0 Å². The van der Waals surface area contributed by atoms with E-state index in [1.165, 1.54) is 12.1 Å². The summed E-state index contributed by atoms with van der Waals surface area (Å²) in [6, 6.07) is 11.9. The van der Waals surface area contributed by atoms with E-state index < -0.39 is 0 Å². The molecule has 2 aromatic rings. The van der Waals surface area contributed by atoms with Crippen LogP contribution in [0.2, 0.25) is 0 Å². The Morgan fingerprint density at radius 1 is 1.05 bits per heavy atom. The summed E-state index contributed by atoms with van der Waals surface area (Å²) in [6.07, 6.45) is 0. The molecule has 0 radical (unpaired) electrons. The first-order chi connectivity index (χ1) is 9.22. The summed E-state index contributed by atoms with van der Waals surface area (Å²) in [4.78, 5) is 0. The minimum Gasteiger partial charge on any atom is -0.491 e. The lowest BCUT2D eigenvalue weighted by atomic mass is 10.0. The molecular formula is C15H16FNO2. The van der Waals surface area contributed by atoms with Crippen molar-refractivity contribution in [1.29, 1.82) is 0 Å². The molecule has 2 rings (SSSR count). The lowest BCUT2D eigenvalue weighted by molar-refractivity contribution is 0.146. The van der Waals surface area contributed by atoms with Crippen molar-refractivity contribution in [3.05, 3.63) is 48.3 Å². The van der Waals surface area contributed by atoms with Gasteiger partial charge in [-0.05, 0) is 24.3 Å². The van der Waals surface area contributed by atoms with Crippen molar-refractivity contribution in [3.63, 3.8) is 0 Å². The van der Waals surface area contributed by atoms with Crippen molar-refractivity contribution in [1.82, 2.24) is 0 Å². The number of halogens is 1. The first kappa shape index (κ1) is 13.4. The van der Waals surface area contributed by atoms with Gasteiger partial charge in [0.2, 0.25) is 0 Å². The van der Waals surface area contributed by atoms with E-state index in [1.54, 1.807) is 13.2 Å². The Morgan fingerprint density at radius 2 is 1.84 bits per heavy atom. The Kier molecular flexibility index (Phi) is 4.36. The van der Waals surface area contributed by atoms with Crippen LogP contribution in [0, 0.1) is 5.82 Å². The average Bonchev–Trinajstić information content (AvgIpc) is 2.40. The van der Waals surface area contributed by atoms with Gasteiger partial charge in [-0.15, -0.1) is 0 Å². The molecule has 0 saturated carbocycles. The Labute approximate surface area is 111 Å². The molecule has 0 amide bonds. The summed E-state index contributed by atoms with van der Waals surface area (Å²) >= 11 is 0. The summed E-state index contributed by atoms with van der Waals surface area (Å²) in [6.45, 7) is 0.960. The molecule has 100 valence electrons. The van der Waals surface area contributed by atoms with Gasteiger partial charge in [0.25, 0.3) is 0 Å². The van der Waals surface area contributed by atoms with Gasteiger partial charge in [0.1, 0.15) is 18.2 Å². The standard InChI is InChI=1S/C15H16FNO2/c1-18-8-9-19-15-5-3-2-4-13(15)12-7-6-11(16)10-14(12)17/h2-7,10H,8-9,17H2,1H3. The van der Waals surface area contributed by atoms with Gasteiger partial charge in [-0.1, -0.05) is 18.2 Å². The van der Waals surface area contributed by atoms with Gasteiger partial charge in [-0.2, -0.15) is 0 Å². The van der Waals surface area contributed by atoms with Gasteiger partial charge in [0.15, 0.2) is 0 Å². The zero-order valence-electron chi connectivity index (χ0n) is 10.7. The maximum atomic E-state index is 13.1. The van der Waals surface area contributed by atoms with E-state index in [-0.39, 0.29) is 5.82 Å². The minimum atomic E-state index is -0.348. The molecule has 0 heterocycles. The number of rotatable bonds is 5. The van der Waals surface area contributed by atoms with Gasteiger partial charge in [0, 0.05) is 23.9 Å². The smallest absolute Gasteiger partial charge is 0.127 e. The highest BCUT2D eigenvalue weighted by atomic mass is 19.1. The van der Waals surface area contributed by atoms with E-state index in [0.29, 0.717) is 24.7 Å². The normalized spacial score (nSPS) is 10.4. The molecule has 3 nitrogen and oxygen atoms in total. The fraction of sp³-hybridized carbons (Fsp3) is 0.200. The molecule has 0 aliphatic heterocycles. The van der Waals surface area contributed by atoms with E-state index in [2.05, 4.69) is 0 Å². The van der Waals surface area contributed by atoms with Crippen molar-refractivity contribution >= 4 is 5.69 Å². The summed E-state index contributed by atoms with van der Waals surface area (Å²) in [5, 5.41) is 0. The van der Waals surface area contributed by atoms with Crippen LogP contribution in [-0.2, 0) is 4.74 Å². The van der Waals surface area contributed by atoms with Crippen LogP contribution in [-0.4, -0.2) is 20.3 Å². The number of ether oxygens (including phenoxy) is 2. The third-order valence-electron chi connectivity index (χ3n) is 2.74.